The zero-order valence-corrected chi connectivity index (χ0v) is 20.5. The second-order valence-corrected chi connectivity index (χ2v) is 10.1. The van der Waals surface area contributed by atoms with Crippen molar-refractivity contribution < 1.29 is 33.3 Å². The molecule has 3 atom stereocenters. The number of benzene rings is 1. The topological polar surface area (TPSA) is 80.3 Å². The highest BCUT2D eigenvalue weighted by Crippen LogP contribution is 2.46. The minimum atomic E-state index is -0.337. The van der Waals surface area contributed by atoms with Gasteiger partial charge in [-0.15, -0.1) is 0 Å². The molecule has 1 aromatic rings. The maximum atomic E-state index is 12.3. The lowest BCUT2D eigenvalue weighted by atomic mass is 9.90. The van der Waals surface area contributed by atoms with Gasteiger partial charge in [0.15, 0.2) is 6.29 Å². The molecule has 0 aliphatic carbocycles. The summed E-state index contributed by atoms with van der Waals surface area (Å²) < 4.78 is 29.4. The quantitative estimate of drug-likeness (QED) is 0.457. The zero-order chi connectivity index (χ0) is 23.8. The van der Waals surface area contributed by atoms with Crippen LogP contribution in [-0.2, 0) is 36.6 Å². The molecule has 0 bridgehead atoms. The molecule has 1 unspecified atom stereocenters. The Balaban J connectivity index is 1.51. The van der Waals surface area contributed by atoms with E-state index in [2.05, 4.69) is 13.8 Å². The van der Waals surface area contributed by atoms with E-state index in [1.807, 2.05) is 13.8 Å². The van der Waals surface area contributed by atoms with Gasteiger partial charge in [-0.1, -0.05) is 0 Å². The van der Waals surface area contributed by atoms with E-state index in [0.29, 0.717) is 31.6 Å². The summed E-state index contributed by atoms with van der Waals surface area (Å²) in [5.74, 6) is 0.942. The van der Waals surface area contributed by atoms with E-state index in [1.165, 1.54) is 6.92 Å². The van der Waals surface area contributed by atoms with Crippen molar-refractivity contribution in [2.45, 2.75) is 110 Å². The zero-order valence-electron chi connectivity index (χ0n) is 20.5. The molecular formula is C26H36O7. The molecule has 0 radical (unpaired) electrons. The molecule has 1 aromatic carbocycles. The number of hydrogen-bond acceptors (Lipinski definition) is 7. The van der Waals surface area contributed by atoms with Crippen molar-refractivity contribution in [1.82, 2.24) is 0 Å². The fraction of sp³-hybridized carbons (Fsp3) is 0.692. The molecule has 182 valence electrons. The second kappa shape index (κ2) is 9.63. The molecule has 0 aromatic heterocycles. The first kappa shape index (κ1) is 24.0. The monoisotopic (exact) mass is 460 g/mol. The smallest absolute Gasteiger partial charge is 0.308 e. The standard InChI is InChI=1S/C26H36O7/c1-15-20(25-21(14-26(4,5)33-25)16(2)24(15)30-17(3)27)10-9-18-12-19(13-22(28)31-18)32-23-8-6-7-11-29-23/h18-19,23H,6-14H2,1-5H3/t18-,19-,23?/m0/s1. The van der Waals surface area contributed by atoms with Gasteiger partial charge < -0.3 is 23.7 Å². The fourth-order valence-corrected chi connectivity index (χ4v) is 5.21. The first-order valence-corrected chi connectivity index (χ1v) is 12.1. The average Bonchev–Trinajstić information content (AvgIpc) is 3.06. The number of esters is 2. The summed E-state index contributed by atoms with van der Waals surface area (Å²) in [6, 6.07) is 0. The Hall–Kier alpha value is -2.12. The first-order chi connectivity index (χ1) is 15.6. The molecule has 3 aliphatic rings. The van der Waals surface area contributed by atoms with Crippen LogP contribution in [-0.4, -0.2) is 42.6 Å². The molecule has 0 amide bonds. The summed E-state index contributed by atoms with van der Waals surface area (Å²) in [7, 11) is 0. The van der Waals surface area contributed by atoms with Crippen molar-refractivity contribution in [3.63, 3.8) is 0 Å². The van der Waals surface area contributed by atoms with Crippen molar-refractivity contribution in [3.8, 4) is 11.5 Å². The Labute approximate surface area is 196 Å². The van der Waals surface area contributed by atoms with Gasteiger partial charge in [0.05, 0.1) is 12.5 Å². The van der Waals surface area contributed by atoms with Crippen LogP contribution in [0.15, 0.2) is 0 Å². The molecule has 7 nitrogen and oxygen atoms in total. The predicted octanol–water partition coefficient (Wildman–Crippen LogP) is 4.49. The Morgan fingerprint density at radius 3 is 2.67 bits per heavy atom. The highest BCUT2D eigenvalue weighted by Gasteiger charge is 2.37. The molecule has 0 saturated carbocycles. The lowest BCUT2D eigenvalue weighted by Crippen LogP contribution is -2.38. The van der Waals surface area contributed by atoms with Crippen LogP contribution < -0.4 is 9.47 Å². The highest BCUT2D eigenvalue weighted by atomic mass is 16.7. The van der Waals surface area contributed by atoms with Crippen molar-refractivity contribution in [1.29, 1.82) is 0 Å². The third-order valence-electron chi connectivity index (χ3n) is 6.78. The van der Waals surface area contributed by atoms with Gasteiger partial charge in [0.1, 0.15) is 23.2 Å². The average molecular weight is 461 g/mol. The molecule has 0 N–H and O–H groups in total. The van der Waals surface area contributed by atoms with E-state index in [-0.39, 0.29) is 42.5 Å². The van der Waals surface area contributed by atoms with Crippen LogP contribution in [0.5, 0.6) is 11.5 Å². The number of rotatable bonds is 6. The molecule has 33 heavy (non-hydrogen) atoms. The summed E-state index contributed by atoms with van der Waals surface area (Å²) in [5.41, 5.74) is 3.65. The van der Waals surface area contributed by atoms with Gasteiger partial charge in [0, 0.05) is 37.5 Å². The normalized spacial score (nSPS) is 26.3. The second-order valence-electron chi connectivity index (χ2n) is 10.1. The number of cyclic esters (lactones) is 1. The van der Waals surface area contributed by atoms with Gasteiger partial charge in [-0.05, 0) is 70.9 Å². The van der Waals surface area contributed by atoms with E-state index in [0.717, 1.165) is 53.7 Å². The molecule has 2 fully saturated rings. The van der Waals surface area contributed by atoms with Gasteiger partial charge in [0.2, 0.25) is 0 Å². The van der Waals surface area contributed by atoms with Crippen LogP contribution >= 0.6 is 0 Å². The maximum absolute atomic E-state index is 12.3. The SMILES string of the molecule is CC(=O)Oc1c(C)c(CC[C@H]2C[C@H](OC3CCCCO3)CC(=O)O2)c2c(c1C)CC(C)(C)O2. The Morgan fingerprint density at radius 1 is 1.18 bits per heavy atom. The molecule has 2 saturated heterocycles. The van der Waals surface area contributed by atoms with Crippen molar-refractivity contribution >= 4 is 11.9 Å². The third-order valence-corrected chi connectivity index (χ3v) is 6.78. The molecule has 4 rings (SSSR count). The number of hydrogen-bond donors (Lipinski definition) is 0. The third kappa shape index (κ3) is 5.52. The Morgan fingerprint density at radius 2 is 1.97 bits per heavy atom. The molecular weight excluding hydrogens is 424 g/mol. The van der Waals surface area contributed by atoms with E-state index >= 15 is 0 Å². The number of carbonyl (C=O) groups is 2. The minimum Gasteiger partial charge on any atom is -0.487 e. The van der Waals surface area contributed by atoms with Crippen LogP contribution in [0, 0.1) is 13.8 Å². The lowest BCUT2D eigenvalue weighted by Gasteiger charge is -2.33. The molecule has 3 heterocycles. The largest absolute Gasteiger partial charge is 0.487 e. The number of fused-ring (bicyclic) bond motifs is 1. The van der Waals surface area contributed by atoms with Crippen LogP contribution in [0.1, 0.15) is 81.5 Å². The van der Waals surface area contributed by atoms with Crippen molar-refractivity contribution in [3.05, 3.63) is 22.3 Å². The van der Waals surface area contributed by atoms with Crippen LogP contribution in [0.25, 0.3) is 0 Å². The number of ether oxygens (including phenoxy) is 5. The maximum Gasteiger partial charge on any atom is 0.308 e. The van der Waals surface area contributed by atoms with Gasteiger partial charge in [-0.2, -0.15) is 0 Å². The van der Waals surface area contributed by atoms with E-state index in [4.69, 9.17) is 23.7 Å². The molecule has 3 aliphatic heterocycles. The number of carbonyl (C=O) groups excluding carboxylic acids is 2. The summed E-state index contributed by atoms with van der Waals surface area (Å²) >= 11 is 0. The van der Waals surface area contributed by atoms with Crippen molar-refractivity contribution in [2.75, 3.05) is 6.61 Å². The van der Waals surface area contributed by atoms with E-state index < -0.39 is 0 Å². The lowest BCUT2D eigenvalue weighted by molar-refractivity contribution is -0.209. The van der Waals surface area contributed by atoms with Crippen molar-refractivity contribution in [2.24, 2.45) is 0 Å². The Bertz CT molecular complexity index is 914. The molecule has 7 heteroatoms. The summed E-state index contributed by atoms with van der Waals surface area (Å²) in [6.45, 7) is 10.2. The summed E-state index contributed by atoms with van der Waals surface area (Å²) in [5, 5.41) is 0. The minimum absolute atomic E-state index is 0.184. The van der Waals surface area contributed by atoms with Crippen LogP contribution in [0.3, 0.4) is 0 Å². The first-order valence-electron chi connectivity index (χ1n) is 12.1. The Kier molecular flexibility index (Phi) is 7.01. The molecule has 0 spiro atoms. The summed E-state index contributed by atoms with van der Waals surface area (Å²) in [6.07, 6.45) is 5.36. The van der Waals surface area contributed by atoms with E-state index in [1.54, 1.807) is 0 Å². The van der Waals surface area contributed by atoms with Crippen LogP contribution in [0.4, 0.5) is 0 Å². The van der Waals surface area contributed by atoms with Gasteiger partial charge in [-0.25, -0.2) is 0 Å². The summed E-state index contributed by atoms with van der Waals surface area (Å²) in [4.78, 5) is 24.0. The fourth-order valence-electron chi connectivity index (χ4n) is 5.21. The van der Waals surface area contributed by atoms with Gasteiger partial charge >= 0.3 is 11.9 Å². The highest BCUT2D eigenvalue weighted by molar-refractivity contribution is 5.72. The van der Waals surface area contributed by atoms with Crippen LogP contribution in [0.2, 0.25) is 0 Å². The van der Waals surface area contributed by atoms with Gasteiger partial charge in [-0.3, -0.25) is 9.59 Å². The predicted molar refractivity (Wildman–Crippen MR) is 122 cm³/mol. The van der Waals surface area contributed by atoms with Gasteiger partial charge in [0.25, 0.3) is 0 Å². The van der Waals surface area contributed by atoms with E-state index in [9.17, 15) is 9.59 Å².